The van der Waals surface area contributed by atoms with Crippen molar-refractivity contribution < 1.29 is 9.90 Å². The van der Waals surface area contributed by atoms with E-state index in [1.54, 1.807) is 0 Å². The van der Waals surface area contributed by atoms with E-state index < -0.39 is 12.1 Å². The van der Waals surface area contributed by atoms with E-state index in [1.165, 1.54) is 17.2 Å². The molecule has 1 atom stereocenters. The van der Waals surface area contributed by atoms with Crippen LogP contribution in [0.15, 0.2) is 12.7 Å². The lowest BCUT2D eigenvalue weighted by Crippen LogP contribution is -2.26. The van der Waals surface area contributed by atoms with Crippen molar-refractivity contribution in [2.75, 3.05) is 5.73 Å². The van der Waals surface area contributed by atoms with Crippen LogP contribution in [-0.4, -0.2) is 30.6 Å². The number of aromatic nitrogens is 4. The van der Waals surface area contributed by atoms with E-state index in [0.29, 0.717) is 11.2 Å². The third-order valence-corrected chi connectivity index (χ3v) is 1.94. The van der Waals surface area contributed by atoms with Gasteiger partial charge in [-0.3, -0.25) is 4.57 Å². The van der Waals surface area contributed by atoms with Gasteiger partial charge in [-0.2, -0.15) is 0 Å². The van der Waals surface area contributed by atoms with Crippen molar-refractivity contribution in [2.24, 2.45) is 5.73 Å². The number of hydrogen-bond donors (Lipinski definition) is 3. The number of carbonyl (C=O) groups is 1. The third kappa shape index (κ3) is 1.36. The Balaban J connectivity index is 2.64. The maximum Gasteiger partial charge on any atom is 0.341 e. The van der Waals surface area contributed by atoms with Crippen LogP contribution in [0.4, 0.5) is 5.82 Å². The average Bonchev–Trinajstić information content (AvgIpc) is 2.61. The van der Waals surface area contributed by atoms with Crippen molar-refractivity contribution >= 4 is 23.0 Å². The van der Waals surface area contributed by atoms with E-state index in [4.69, 9.17) is 16.6 Å². The molecule has 0 aliphatic rings. The molecule has 0 aliphatic carbocycles. The van der Waals surface area contributed by atoms with E-state index in [0.717, 1.165) is 0 Å². The Hall–Kier alpha value is -2.22. The van der Waals surface area contributed by atoms with Gasteiger partial charge in [0.2, 0.25) is 0 Å². The number of fused-ring (bicyclic) bond motifs is 1. The summed E-state index contributed by atoms with van der Waals surface area (Å²) >= 11 is 0. The molecule has 78 valence electrons. The smallest absolute Gasteiger partial charge is 0.341 e. The molecule has 2 aromatic rings. The zero-order chi connectivity index (χ0) is 11.0. The van der Waals surface area contributed by atoms with Gasteiger partial charge in [0.15, 0.2) is 17.6 Å². The van der Waals surface area contributed by atoms with Crippen LogP contribution >= 0.6 is 0 Å². The Bertz CT molecular complexity index is 521. The van der Waals surface area contributed by atoms with Crippen molar-refractivity contribution in [3.05, 3.63) is 12.7 Å². The minimum atomic E-state index is -1.23. The van der Waals surface area contributed by atoms with Crippen LogP contribution in [0.5, 0.6) is 0 Å². The lowest BCUT2D eigenvalue weighted by Gasteiger charge is -2.07. The summed E-state index contributed by atoms with van der Waals surface area (Å²) < 4.78 is 1.22. The highest BCUT2D eigenvalue weighted by Crippen LogP contribution is 2.16. The van der Waals surface area contributed by atoms with Crippen molar-refractivity contribution in [3.63, 3.8) is 0 Å². The summed E-state index contributed by atoms with van der Waals surface area (Å²) in [5.74, 6) is -0.983. The molecule has 0 aromatic carbocycles. The molecule has 8 heteroatoms. The summed E-state index contributed by atoms with van der Waals surface area (Å²) in [6.45, 7) is 0. The molecule has 0 saturated carbocycles. The Morgan fingerprint density at radius 2 is 2.20 bits per heavy atom. The quantitative estimate of drug-likeness (QED) is 0.573. The Morgan fingerprint density at radius 3 is 2.87 bits per heavy atom. The van der Waals surface area contributed by atoms with Crippen molar-refractivity contribution in [3.8, 4) is 0 Å². The first-order valence-electron chi connectivity index (χ1n) is 4.02. The summed E-state index contributed by atoms with van der Waals surface area (Å²) in [5, 5.41) is 8.73. The molecule has 0 fully saturated rings. The molecule has 0 radical (unpaired) electrons. The molecule has 15 heavy (non-hydrogen) atoms. The van der Waals surface area contributed by atoms with Gasteiger partial charge in [0.25, 0.3) is 0 Å². The summed E-state index contributed by atoms with van der Waals surface area (Å²) in [4.78, 5) is 22.2. The second kappa shape index (κ2) is 3.17. The summed E-state index contributed by atoms with van der Waals surface area (Å²) in [6.07, 6.45) is 1.27. The number of hydrogen-bond acceptors (Lipinski definition) is 6. The van der Waals surface area contributed by atoms with Crippen molar-refractivity contribution in [2.45, 2.75) is 6.17 Å². The third-order valence-electron chi connectivity index (χ3n) is 1.94. The highest BCUT2D eigenvalue weighted by Gasteiger charge is 2.18. The zero-order valence-electron chi connectivity index (χ0n) is 7.53. The normalized spacial score (nSPS) is 12.9. The maximum absolute atomic E-state index is 10.7. The number of anilines is 1. The van der Waals surface area contributed by atoms with Crippen LogP contribution in [0.2, 0.25) is 0 Å². The largest absolute Gasteiger partial charge is 0.479 e. The molecule has 0 bridgehead atoms. The number of nitrogen functional groups attached to an aromatic ring is 1. The van der Waals surface area contributed by atoms with Crippen LogP contribution < -0.4 is 11.5 Å². The van der Waals surface area contributed by atoms with Crippen molar-refractivity contribution in [1.29, 1.82) is 0 Å². The zero-order valence-corrected chi connectivity index (χ0v) is 7.53. The SMILES string of the molecule is Nc1ncnc2c1ncn2C(N)C(=O)O. The number of carboxylic acid groups (broad SMARTS) is 1. The molecular weight excluding hydrogens is 200 g/mol. The van der Waals surface area contributed by atoms with E-state index in [1.807, 2.05) is 0 Å². The number of nitrogens with zero attached hydrogens (tertiary/aromatic N) is 4. The topological polar surface area (TPSA) is 133 Å². The van der Waals surface area contributed by atoms with Gasteiger partial charge in [-0.25, -0.2) is 19.7 Å². The molecule has 2 heterocycles. The van der Waals surface area contributed by atoms with Crippen LogP contribution in [-0.2, 0) is 4.79 Å². The second-order valence-corrected chi connectivity index (χ2v) is 2.87. The molecule has 0 amide bonds. The van der Waals surface area contributed by atoms with E-state index in [9.17, 15) is 4.79 Å². The van der Waals surface area contributed by atoms with Gasteiger partial charge in [-0.1, -0.05) is 0 Å². The van der Waals surface area contributed by atoms with Gasteiger partial charge >= 0.3 is 5.97 Å². The first kappa shape index (κ1) is 9.34. The van der Waals surface area contributed by atoms with Crippen LogP contribution in [0, 0.1) is 0 Å². The van der Waals surface area contributed by atoms with Gasteiger partial charge in [-0.05, 0) is 0 Å². The lowest BCUT2D eigenvalue weighted by molar-refractivity contribution is -0.140. The number of imidazole rings is 1. The molecule has 0 saturated heterocycles. The molecule has 2 rings (SSSR count). The van der Waals surface area contributed by atoms with Crippen molar-refractivity contribution in [1.82, 2.24) is 19.5 Å². The van der Waals surface area contributed by atoms with Gasteiger partial charge in [0.1, 0.15) is 11.8 Å². The number of aliphatic carboxylic acids is 1. The first-order chi connectivity index (χ1) is 7.11. The average molecular weight is 208 g/mol. The number of rotatable bonds is 2. The molecule has 5 N–H and O–H groups in total. The summed E-state index contributed by atoms with van der Waals surface area (Å²) in [6, 6.07) is 0. The molecule has 0 spiro atoms. The predicted molar refractivity (Wildman–Crippen MR) is 50.6 cm³/mol. The molecular formula is C7H8N6O2. The monoisotopic (exact) mass is 208 g/mol. The molecule has 2 aromatic heterocycles. The van der Waals surface area contributed by atoms with Gasteiger partial charge < -0.3 is 16.6 Å². The standard InChI is InChI=1S/C7H8N6O2/c8-4-3-6(11-1-10-4)13(2-12-3)5(9)7(14)15/h1-2,5H,9H2,(H,14,15)(H2,8,10,11). The Kier molecular flexibility index (Phi) is 1.97. The Labute approximate surface area is 83.6 Å². The molecule has 1 unspecified atom stereocenters. The fourth-order valence-electron chi connectivity index (χ4n) is 1.19. The minimum absolute atomic E-state index is 0.191. The van der Waals surface area contributed by atoms with E-state index >= 15 is 0 Å². The highest BCUT2D eigenvalue weighted by atomic mass is 16.4. The summed E-state index contributed by atoms with van der Waals surface area (Å²) in [7, 11) is 0. The van der Waals surface area contributed by atoms with E-state index in [-0.39, 0.29) is 5.82 Å². The van der Waals surface area contributed by atoms with Gasteiger partial charge in [-0.15, -0.1) is 0 Å². The van der Waals surface area contributed by atoms with Gasteiger partial charge in [0, 0.05) is 0 Å². The fourth-order valence-corrected chi connectivity index (χ4v) is 1.19. The van der Waals surface area contributed by atoms with Crippen LogP contribution in [0.3, 0.4) is 0 Å². The van der Waals surface area contributed by atoms with Crippen LogP contribution in [0.1, 0.15) is 6.17 Å². The maximum atomic E-state index is 10.7. The Morgan fingerprint density at radius 1 is 1.47 bits per heavy atom. The predicted octanol–water partition coefficient (Wildman–Crippen LogP) is -1.05. The highest BCUT2D eigenvalue weighted by molar-refractivity contribution is 5.83. The van der Waals surface area contributed by atoms with Crippen LogP contribution in [0.25, 0.3) is 11.2 Å². The lowest BCUT2D eigenvalue weighted by atomic mass is 10.4. The minimum Gasteiger partial charge on any atom is -0.479 e. The van der Waals surface area contributed by atoms with E-state index in [2.05, 4.69) is 15.0 Å². The second-order valence-electron chi connectivity index (χ2n) is 2.87. The summed E-state index contributed by atoms with van der Waals surface area (Å²) in [5.41, 5.74) is 11.6. The first-order valence-corrected chi connectivity index (χ1v) is 4.02. The number of nitrogens with two attached hydrogens (primary N) is 2. The fraction of sp³-hybridized carbons (Fsp3) is 0.143. The molecule has 0 aliphatic heterocycles. The van der Waals surface area contributed by atoms with Gasteiger partial charge in [0.05, 0.1) is 6.33 Å². The number of carboxylic acids is 1. The molecule has 8 nitrogen and oxygen atoms in total.